The van der Waals surface area contributed by atoms with Gasteiger partial charge in [0.25, 0.3) is 0 Å². The molecule has 0 aliphatic heterocycles. The van der Waals surface area contributed by atoms with Gasteiger partial charge in [-0.1, -0.05) is 42.5 Å². The molecule has 0 saturated carbocycles. The molecule has 118 valence electrons. The van der Waals surface area contributed by atoms with Crippen molar-refractivity contribution >= 4 is 28.4 Å². The number of hydrogen-bond donors (Lipinski definition) is 1. The van der Waals surface area contributed by atoms with Crippen LogP contribution in [0.4, 0.5) is 0 Å². The molecule has 3 rings (SSSR count). The lowest BCUT2D eigenvalue weighted by Gasteiger charge is -2.06. The van der Waals surface area contributed by atoms with Crippen LogP contribution < -0.4 is 5.32 Å². The zero-order chi connectivity index (χ0) is 16.8. The Balaban J connectivity index is 1.54. The van der Waals surface area contributed by atoms with Crippen LogP contribution in [0.25, 0.3) is 10.8 Å². The Morgan fingerprint density at radius 3 is 2.67 bits per heavy atom. The number of amides is 1. The minimum absolute atomic E-state index is 0.0180. The van der Waals surface area contributed by atoms with Crippen molar-refractivity contribution in [3.63, 3.8) is 0 Å². The van der Waals surface area contributed by atoms with Crippen LogP contribution >= 0.6 is 11.8 Å². The fraction of sp³-hybridized carbons (Fsp3) is 0.100. The van der Waals surface area contributed by atoms with Crippen molar-refractivity contribution in [2.24, 2.45) is 0 Å². The molecule has 3 aromatic rings. The maximum absolute atomic E-state index is 12.0. The molecule has 0 spiro atoms. The van der Waals surface area contributed by atoms with E-state index in [4.69, 9.17) is 5.26 Å². The standard InChI is InChI=1S/C20H16N2OS/c21-12-15-4-3-5-16(10-15)13-22-20(23)14-24-19-9-8-17-6-1-2-7-18(17)11-19/h1-11H,13-14H2,(H,22,23). The lowest BCUT2D eigenvalue weighted by Crippen LogP contribution is -2.24. The Labute approximate surface area is 145 Å². The van der Waals surface area contributed by atoms with Crippen LogP contribution in [0.1, 0.15) is 11.1 Å². The van der Waals surface area contributed by atoms with Crippen LogP contribution in [-0.2, 0) is 11.3 Å². The maximum atomic E-state index is 12.0. The number of hydrogen-bond acceptors (Lipinski definition) is 3. The van der Waals surface area contributed by atoms with E-state index in [1.54, 1.807) is 12.1 Å². The number of nitrogens with one attached hydrogen (secondary N) is 1. The predicted molar refractivity (Wildman–Crippen MR) is 97.7 cm³/mol. The second-order valence-electron chi connectivity index (χ2n) is 5.39. The summed E-state index contributed by atoms with van der Waals surface area (Å²) >= 11 is 1.52. The van der Waals surface area contributed by atoms with E-state index >= 15 is 0 Å². The van der Waals surface area contributed by atoms with Crippen LogP contribution in [0.3, 0.4) is 0 Å². The number of carbonyl (C=O) groups excluding carboxylic acids is 1. The molecule has 4 heteroatoms. The number of rotatable bonds is 5. The monoisotopic (exact) mass is 332 g/mol. The van der Waals surface area contributed by atoms with E-state index in [-0.39, 0.29) is 5.91 Å². The zero-order valence-electron chi connectivity index (χ0n) is 13.0. The fourth-order valence-corrected chi connectivity index (χ4v) is 3.18. The molecule has 0 saturated heterocycles. The molecule has 0 aliphatic carbocycles. The molecule has 0 radical (unpaired) electrons. The summed E-state index contributed by atoms with van der Waals surface area (Å²) in [7, 11) is 0. The molecule has 1 N–H and O–H groups in total. The number of benzene rings is 3. The van der Waals surface area contributed by atoms with E-state index in [1.807, 2.05) is 30.3 Å². The SMILES string of the molecule is N#Cc1cccc(CNC(=O)CSc2ccc3ccccc3c2)c1. The maximum Gasteiger partial charge on any atom is 0.230 e. The van der Waals surface area contributed by atoms with E-state index in [1.165, 1.54) is 22.5 Å². The third-order valence-electron chi connectivity index (χ3n) is 3.64. The number of carbonyl (C=O) groups is 1. The van der Waals surface area contributed by atoms with Crippen LogP contribution in [0.5, 0.6) is 0 Å². The first kappa shape index (κ1) is 16.1. The summed E-state index contributed by atoms with van der Waals surface area (Å²) in [6.45, 7) is 0.437. The van der Waals surface area contributed by atoms with Gasteiger partial charge in [-0.15, -0.1) is 11.8 Å². The van der Waals surface area contributed by atoms with Crippen LogP contribution in [-0.4, -0.2) is 11.7 Å². The van der Waals surface area contributed by atoms with Gasteiger partial charge in [0.1, 0.15) is 0 Å². The first-order valence-electron chi connectivity index (χ1n) is 7.62. The van der Waals surface area contributed by atoms with Gasteiger partial charge in [0, 0.05) is 11.4 Å². The van der Waals surface area contributed by atoms with E-state index < -0.39 is 0 Å². The molecular weight excluding hydrogens is 316 g/mol. The second kappa shape index (κ2) is 7.67. The largest absolute Gasteiger partial charge is 0.351 e. The highest BCUT2D eigenvalue weighted by Crippen LogP contribution is 2.23. The van der Waals surface area contributed by atoms with Gasteiger partial charge in [-0.3, -0.25) is 4.79 Å². The van der Waals surface area contributed by atoms with E-state index in [2.05, 4.69) is 35.7 Å². The summed E-state index contributed by atoms with van der Waals surface area (Å²) in [6, 6.07) is 23.8. The minimum Gasteiger partial charge on any atom is -0.351 e. The van der Waals surface area contributed by atoms with Gasteiger partial charge in [-0.2, -0.15) is 5.26 Å². The number of thioether (sulfide) groups is 1. The van der Waals surface area contributed by atoms with Crippen LogP contribution in [0.2, 0.25) is 0 Å². The van der Waals surface area contributed by atoms with E-state index in [0.717, 1.165) is 10.5 Å². The van der Waals surface area contributed by atoms with Crippen LogP contribution in [0.15, 0.2) is 71.6 Å². The van der Waals surface area contributed by atoms with Crippen molar-refractivity contribution in [3.05, 3.63) is 77.9 Å². The molecule has 24 heavy (non-hydrogen) atoms. The Hall–Kier alpha value is -2.77. The van der Waals surface area contributed by atoms with Gasteiger partial charge in [-0.05, 0) is 40.6 Å². The molecule has 0 atom stereocenters. The third-order valence-corrected chi connectivity index (χ3v) is 4.63. The second-order valence-corrected chi connectivity index (χ2v) is 6.44. The third kappa shape index (κ3) is 4.15. The van der Waals surface area contributed by atoms with Gasteiger partial charge in [0.2, 0.25) is 5.91 Å². The summed E-state index contributed by atoms with van der Waals surface area (Å²) in [4.78, 5) is 13.1. The van der Waals surface area contributed by atoms with Crippen LogP contribution in [0, 0.1) is 11.3 Å². The molecule has 0 bridgehead atoms. The molecule has 3 aromatic carbocycles. The van der Waals surface area contributed by atoms with Crippen molar-refractivity contribution < 1.29 is 4.79 Å². The van der Waals surface area contributed by atoms with Gasteiger partial charge < -0.3 is 5.32 Å². The summed E-state index contributed by atoms with van der Waals surface area (Å²) < 4.78 is 0. The average Bonchev–Trinajstić information content (AvgIpc) is 2.64. The zero-order valence-corrected chi connectivity index (χ0v) is 13.8. The molecule has 0 fully saturated rings. The number of nitriles is 1. The van der Waals surface area contributed by atoms with E-state index in [9.17, 15) is 4.79 Å². The molecule has 3 nitrogen and oxygen atoms in total. The Morgan fingerprint density at radius 2 is 1.83 bits per heavy atom. The minimum atomic E-state index is -0.0180. The summed E-state index contributed by atoms with van der Waals surface area (Å²) in [5.74, 6) is 0.353. The fourth-order valence-electron chi connectivity index (χ4n) is 2.41. The highest BCUT2D eigenvalue weighted by atomic mass is 32.2. The smallest absolute Gasteiger partial charge is 0.230 e. The normalized spacial score (nSPS) is 10.3. The molecular formula is C20H16N2OS. The molecule has 0 aliphatic rings. The molecule has 0 aromatic heterocycles. The highest BCUT2D eigenvalue weighted by molar-refractivity contribution is 8.00. The summed E-state index contributed by atoms with van der Waals surface area (Å²) in [5, 5.41) is 14.1. The lowest BCUT2D eigenvalue weighted by atomic mass is 10.1. The first-order chi connectivity index (χ1) is 11.7. The topological polar surface area (TPSA) is 52.9 Å². The van der Waals surface area contributed by atoms with Crippen molar-refractivity contribution in [2.45, 2.75) is 11.4 Å². The number of nitrogens with zero attached hydrogens (tertiary/aromatic N) is 1. The van der Waals surface area contributed by atoms with Gasteiger partial charge in [0.15, 0.2) is 0 Å². The summed E-state index contributed by atoms with van der Waals surface area (Å²) in [6.07, 6.45) is 0. The Kier molecular flexibility index (Phi) is 5.15. The number of fused-ring (bicyclic) bond motifs is 1. The van der Waals surface area contributed by atoms with Gasteiger partial charge >= 0.3 is 0 Å². The van der Waals surface area contributed by atoms with Gasteiger partial charge in [0.05, 0.1) is 17.4 Å². The molecule has 0 heterocycles. The van der Waals surface area contributed by atoms with Crippen molar-refractivity contribution in [3.8, 4) is 6.07 Å². The van der Waals surface area contributed by atoms with Crippen molar-refractivity contribution in [1.29, 1.82) is 5.26 Å². The summed E-state index contributed by atoms with van der Waals surface area (Å²) in [5.41, 5.74) is 1.53. The quantitative estimate of drug-likeness (QED) is 0.715. The lowest BCUT2D eigenvalue weighted by molar-refractivity contribution is -0.118. The predicted octanol–water partition coefficient (Wildman–Crippen LogP) is 4.12. The van der Waals surface area contributed by atoms with Crippen molar-refractivity contribution in [1.82, 2.24) is 5.32 Å². The average molecular weight is 332 g/mol. The highest BCUT2D eigenvalue weighted by Gasteiger charge is 2.04. The Bertz CT molecular complexity index is 915. The van der Waals surface area contributed by atoms with Crippen molar-refractivity contribution in [2.75, 3.05) is 5.75 Å². The first-order valence-corrected chi connectivity index (χ1v) is 8.60. The van der Waals surface area contributed by atoms with E-state index in [0.29, 0.717) is 17.9 Å². The Morgan fingerprint density at radius 1 is 1.00 bits per heavy atom. The molecule has 1 amide bonds. The van der Waals surface area contributed by atoms with Gasteiger partial charge in [-0.25, -0.2) is 0 Å². The molecule has 0 unspecified atom stereocenters.